The van der Waals surface area contributed by atoms with Crippen molar-refractivity contribution < 1.29 is 28.6 Å². The molecule has 1 aromatic carbocycles. The van der Waals surface area contributed by atoms with Crippen LogP contribution in [-0.2, 0) is 28.6 Å². The number of benzene rings is 1. The first-order valence-corrected chi connectivity index (χ1v) is 11.3. The van der Waals surface area contributed by atoms with E-state index in [2.05, 4.69) is 17.0 Å². The number of nitrogens with zero attached hydrogens (tertiary/aromatic N) is 1. The van der Waals surface area contributed by atoms with E-state index in [-0.39, 0.29) is 29.6 Å². The third-order valence-electron chi connectivity index (χ3n) is 5.35. The predicted molar refractivity (Wildman–Crippen MR) is 131 cm³/mol. The molecular weight excluding hydrogens is 436 g/mol. The quantitative estimate of drug-likeness (QED) is 0.160. The predicted octanol–water partition coefficient (Wildman–Crippen LogP) is 4.34. The van der Waals surface area contributed by atoms with Gasteiger partial charge in [-0.15, -0.1) is 0 Å². The molecule has 3 atom stereocenters. The van der Waals surface area contributed by atoms with E-state index < -0.39 is 30.0 Å². The van der Waals surface area contributed by atoms with E-state index >= 15 is 0 Å². The van der Waals surface area contributed by atoms with Gasteiger partial charge in [-0.25, -0.2) is 4.79 Å². The molecule has 0 unspecified atom stereocenters. The second kappa shape index (κ2) is 14.0. The van der Waals surface area contributed by atoms with Crippen molar-refractivity contribution in [3.05, 3.63) is 58.7 Å². The monoisotopic (exact) mass is 472 g/mol. The second-order valence-electron chi connectivity index (χ2n) is 7.90. The van der Waals surface area contributed by atoms with Gasteiger partial charge in [0.1, 0.15) is 12.1 Å². The Labute approximate surface area is 202 Å². The Morgan fingerprint density at radius 1 is 1.18 bits per heavy atom. The first-order valence-electron chi connectivity index (χ1n) is 11.3. The first kappa shape index (κ1) is 28.6. The van der Waals surface area contributed by atoms with E-state index in [1.807, 2.05) is 52.0 Å². The lowest BCUT2D eigenvalue weighted by Crippen LogP contribution is -2.42. The Morgan fingerprint density at radius 2 is 1.82 bits per heavy atom. The Hall–Kier alpha value is -3.42. The summed E-state index contributed by atoms with van der Waals surface area (Å²) < 4.78 is 16.2. The van der Waals surface area contributed by atoms with Gasteiger partial charge in [0.25, 0.3) is 5.91 Å². The van der Waals surface area contributed by atoms with Crippen molar-refractivity contribution in [3.63, 3.8) is 0 Å². The van der Waals surface area contributed by atoms with Crippen molar-refractivity contribution in [2.24, 2.45) is 4.99 Å². The van der Waals surface area contributed by atoms with Crippen LogP contribution in [-0.4, -0.2) is 43.8 Å². The maximum absolute atomic E-state index is 12.9. The minimum atomic E-state index is -0.986. The lowest BCUT2D eigenvalue weighted by Gasteiger charge is -2.24. The number of hydrogen-bond acceptors (Lipinski definition) is 7. The van der Waals surface area contributed by atoms with Crippen LogP contribution in [0.2, 0.25) is 0 Å². The van der Waals surface area contributed by atoms with Crippen LogP contribution in [0, 0.1) is 6.92 Å². The van der Waals surface area contributed by atoms with E-state index in [4.69, 9.17) is 14.2 Å². The fourth-order valence-electron chi connectivity index (χ4n) is 3.23. The summed E-state index contributed by atoms with van der Waals surface area (Å²) in [5, 5.41) is 2.54. The smallest absolute Gasteiger partial charge is 0.328 e. The van der Waals surface area contributed by atoms with Crippen LogP contribution in [0.4, 0.5) is 0 Å². The molecule has 1 aromatic rings. The van der Waals surface area contributed by atoms with Gasteiger partial charge in [-0.2, -0.15) is 0 Å². The SMILES string of the molecule is C=N/C(C(=O)N[C@@H](C)C(=O)O[C@@H](C)[C@@H](C)c1ccccc1C)=C(OC(=O)CCC)\C(=C/C)OC. The van der Waals surface area contributed by atoms with Crippen molar-refractivity contribution in [2.45, 2.75) is 72.4 Å². The van der Waals surface area contributed by atoms with E-state index in [1.165, 1.54) is 20.1 Å². The summed E-state index contributed by atoms with van der Waals surface area (Å²) in [5.41, 5.74) is 1.91. The van der Waals surface area contributed by atoms with Gasteiger partial charge in [-0.1, -0.05) is 38.1 Å². The fourth-order valence-corrected chi connectivity index (χ4v) is 3.23. The normalized spacial score (nSPS) is 14.7. The van der Waals surface area contributed by atoms with E-state index in [1.54, 1.807) is 6.92 Å². The number of hydrogen-bond donors (Lipinski definition) is 1. The summed E-state index contributed by atoms with van der Waals surface area (Å²) in [6.07, 6.45) is 1.82. The Kier molecular flexibility index (Phi) is 11.8. The van der Waals surface area contributed by atoms with E-state index in [0.717, 1.165) is 11.1 Å². The maximum atomic E-state index is 12.9. The standard InChI is InChI=1S/C26H36N2O6/c1-9-13-22(29)34-24(21(10-2)32-8)23(27-7)25(30)28-18(5)26(31)33-19(6)17(4)20-15-12-11-14-16(20)3/h10-12,14-15,17-19H,7,9,13H2,1-6,8H3,(H,28,30)/b21-10+,24-23+/t17-,18+,19+/m1/s1. The molecule has 0 heterocycles. The molecule has 34 heavy (non-hydrogen) atoms. The number of carbonyl (C=O) groups is 3. The van der Waals surface area contributed by atoms with Crippen LogP contribution in [0.3, 0.4) is 0 Å². The highest BCUT2D eigenvalue weighted by Gasteiger charge is 2.27. The number of methoxy groups -OCH3 is 1. The summed E-state index contributed by atoms with van der Waals surface area (Å²) in [7, 11) is 1.37. The number of ether oxygens (including phenoxy) is 3. The van der Waals surface area contributed by atoms with Crippen molar-refractivity contribution in [3.8, 4) is 0 Å². The summed E-state index contributed by atoms with van der Waals surface area (Å²) in [4.78, 5) is 41.4. The zero-order valence-corrected chi connectivity index (χ0v) is 21.1. The number of aryl methyl sites for hydroxylation is 1. The van der Waals surface area contributed by atoms with Crippen molar-refractivity contribution >= 4 is 24.6 Å². The number of carbonyl (C=O) groups excluding carboxylic acids is 3. The van der Waals surface area contributed by atoms with Crippen LogP contribution in [0.5, 0.6) is 0 Å². The zero-order valence-electron chi connectivity index (χ0n) is 21.1. The number of rotatable bonds is 12. The summed E-state index contributed by atoms with van der Waals surface area (Å²) in [6.45, 7) is 14.2. The summed E-state index contributed by atoms with van der Waals surface area (Å²) in [6, 6.07) is 6.91. The molecule has 8 nitrogen and oxygen atoms in total. The average molecular weight is 473 g/mol. The summed E-state index contributed by atoms with van der Waals surface area (Å²) >= 11 is 0. The van der Waals surface area contributed by atoms with Crippen molar-refractivity contribution in [2.75, 3.05) is 7.11 Å². The van der Waals surface area contributed by atoms with Crippen molar-refractivity contribution in [1.29, 1.82) is 0 Å². The van der Waals surface area contributed by atoms with E-state index in [9.17, 15) is 14.4 Å². The molecule has 0 saturated heterocycles. The molecule has 0 bridgehead atoms. The molecule has 0 fully saturated rings. The van der Waals surface area contributed by atoms with Crippen LogP contribution >= 0.6 is 0 Å². The van der Waals surface area contributed by atoms with Crippen LogP contribution in [0.1, 0.15) is 64.5 Å². The number of esters is 2. The molecule has 8 heteroatoms. The zero-order chi connectivity index (χ0) is 25.8. The molecule has 0 saturated carbocycles. The largest absolute Gasteiger partial charge is 0.493 e. The van der Waals surface area contributed by atoms with Gasteiger partial charge in [0.2, 0.25) is 5.76 Å². The van der Waals surface area contributed by atoms with Gasteiger partial charge in [0.15, 0.2) is 11.5 Å². The minimum absolute atomic E-state index is 0.0399. The van der Waals surface area contributed by atoms with Crippen LogP contribution in [0.25, 0.3) is 0 Å². The van der Waals surface area contributed by atoms with Gasteiger partial charge in [-0.3, -0.25) is 14.6 Å². The number of nitrogens with one attached hydrogen (secondary N) is 1. The Balaban J connectivity index is 3.02. The van der Waals surface area contributed by atoms with E-state index in [0.29, 0.717) is 6.42 Å². The highest BCUT2D eigenvalue weighted by atomic mass is 16.6. The van der Waals surface area contributed by atoms with Crippen LogP contribution in [0.15, 0.2) is 52.5 Å². The fraction of sp³-hybridized carbons (Fsp3) is 0.462. The van der Waals surface area contributed by atoms with Gasteiger partial charge in [0.05, 0.1) is 7.11 Å². The third kappa shape index (κ3) is 7.86. The maximum Gasteiger partial charge on any atom is 0.328 e. The van der Waals surface area contributed by atoms with Gasteiger partial charge >= 0.3 is 11.9 Å². The number of amides is 1. The third-order valence-corrected chi connectivity index (χ3v) is 5.35. The topological polar surface area (TPSA) is 103 Å². The molecule has 0 aromatic heterocycles. The molecule has 0 radical (unpaired) electrons. The molecule has 186 valence electrons. The minimum Gasteiger partial charge on any atom is -0.493 e. The van der Waals surface area contributed by atoms with Crippen LogP contribution < -0.4 is 5.32 Å². The van der Waals surface area contributed by atoms with Gasteiger partial charge in [-0.05, 0) is 58.0 Å². The summed E-state index contributed by atoms with van der Waals surface area (Å²) in [5.74, 6) is -1.98. The Morgan fingerprint density at radius 3 is 2.35 bits per heavy atom. The molecule has 0 aliphatic heterocycles. The first-order chi connectivity index (χ1) is 16.1. The highest BCUT2D eigenvalue weighted by Crippen LogP contribution is 2.25. The molecule has 1 rings (SSSR count). The molecule has 0 aliphatic rings. The van der Waals surface area contributed by atoms with Gasteiger partial charge in [0, 0.05) is 12.3 Å². The second-order valence-corrected chi connectivity index (χ2v) is 7.90. The van der Waals surface area contributed by atoms with Crippen molar-refractivity contribution in [1.82, 2.24) is 5.32 Å². The number of aliphatic imine (C=N–C) groups is 1. The highest BCUT2D eigenvalue weighted by molar-refractivity contribution is 5.97. The lowest BCUT2D eigenvalue weighted by atomic mass is 9.92. The Bertz CT molecular complexity index is 950. The number of allylic oxidation sites excluding steroid dienone is 1. The molecule has 1 N–H and O–H groups in total. The molecular formula is C26H36N2O6. The molecule has 0 aliphatic carbocycles. The molecule has 1 amide bonds. The average Bonchev–Trinajstić information content (AvgIpc) is 2.80. The lowest BCUT2D eigenvalue weighted by molar-refractivity contribution is -0.152. The van der Waals surface area contributed by atoms with Gasteiger partial charge < -0.3 is 19.5 Å². The molecule has 0 spiro atoms.